The normalized spacial score (nSPS) is 10.7. The molecule has 1 heterocycles. The van der Waals surface area contributed by atoms with Gasteiger partial charge in [-0.15, -0.1) is 0 Å². The molecule has 0 aliphatic carbocycles. The highest BCUT2D eigenvalue weighted by Crippen LogP contribution is 2.17. The Morgan fingerprint density at radius 1 is 1.00 bits per heavy atom. The van der Waals surface area contributed by atoms with Crippen molar-refractivity contribution in [2.75, 3.05) is 0 Å². The molecule has 0 radical (unpaired) electrons. The first-order chi connectivity index (χ1) is 8.83. The molecule has 3 rings (SSSR count). The van der Waals surface area contributed by atoms with Crippen molar-refractivity contribution in [2.45, 2.75) is 6.42 Å². The van der Waals surface area contributed by atoms with E-state index in [-0.39, 0.29) is 5.78 Å². The highest BCUT2D eigenvalue weighted by atomic mass is 16.3. The van der Waals surface area contributed by atoms with E-state index in [0.29, 0.717) is 12.0 Å². The van der Waals surface area contributed by atoms with Gasteiger partial charge >= 0.3 is 0 Å². The summed E-state index contributed by atoms with van der Waals surface area (Å²) in [5.74, 6) is 0.0824. The molecule has 88 valence electrons. The third kappa shape index (κ3) is 2.05. The lowest BCUT2D eigenvalue weighted by atomic mass is 10.0. The van der Waals surface area contributed by atoms with Crippen LogP contribution in [-0.4, -0.2) is 5.78 Å². The lowest BCUT2D eigenvalue weighted by molar-refractivity contribution is 0.0992. The van der Waals surface area contributed by atoms with Crippen LogP contribution < -0.4 is 0 Å². The van der Waals surface area contributed by atoms with Crippen molar-refractivity contribution in [1.29, 1.82) is 0 Å². The van der Waals surface area contributed by atoms with Crippen molar-refractivity contribution in [3.8, 4) is 0 Å². The average Bonchev–Trinajstić information content (AvgIpc) is 2.92. The summed E-state index contributed by atoms with van der Waals surface area (Å²) in [7, 11) is 0. The van der Waals surface area contributed by atoms with E-state index < -0.39 is 0 Å². The molecule has 0 saturated heterocycles. The van der Waals surface area contributed by atoms with Crippen molar-refractivity contribution in [2.24, 2.45) is 0 Å². The van der Waals surface area contributed by atoms with Crippen LogP contribution in [-0.2, 0) is 6.42 Å². The summed E-state index contributed by atoms with van der Waals surface area (Å²) in [6.07, 6.45) is 3.42. The Morgan fingerprint density at radius 3 is 2.61 bits per heavy atom. The molecular formula is C16H12O2. The lowest BCUT2D eigenvalue weighted by Gasteiger charge is -2.02. The molecule has 0 amide bonds. The summed E-state index contributed by atoms with van der Waals surface area (Å²) in [6, 6.07) is 15.9. The van der Waals surface area contributed by atoms with E-state index in [1.807, 2.05) is 24.3 Å². The smallest absolute Gasteiger partial charge is 0.170 e. The first kappa shape index (κ1) is 10.8. The number of carbonyl (C=O) groups is 1. The fraction of sp³-hybridized carbons (Fsp3) is 0.0625. The lowest BCUT2D eigenvalue weighted by Crippen LogP contribution is -2.01. The Labute approximate surface area is 105 Å². The van der Waals surface area contributed by atoms with Gasteiger partial charge in [0.2, 0.25) is 0 Å². The van der Waals surface area contributed by atoms with Crippen LogP contribution in [0.2, 0.25) is 0 Å². The predicted molar refractivity (Wildman–Crippen MR) is 70.7 cm³/mol. The Kier molecular flexibility index (Phi) is 2.69. The number of fused-ring (bicyclic) bond motifs is 1. The van der Waals surface area contributed by atoms with Gasteiger partial charge < -0.3 is 4.42 Å². The van der Waals surface area contributed by atoms with Gasteiger partial charge in [0.25, 0.3) is 0 Å². The number of hydrogen-bond acceptors (Lipinski definition) is 2. The molecule has 3 aromatic rings. The number of hydrogen-bond donors (Lipinski definition) is 0. The van der Waals surface area contributed by atoms with Crippen LogP contribution in [0.3, 0.4) is 0 Å². The fourth-order valence-electron chi connectivity index (χ4n) is 2.06. The largest absolute Gasteiger partial charge is 0.472 e. The van der Waals surface area contributed by atoms with Gasteiger partial charge in [-0.1, -0.05) is 42.5 Å². The van der Waals surface area contributed by atoms with E-state index in [1.54, 1.807) is 6.07 Å². The second-order valence-electron chi connectivity index (χ2n) is 4.29. The summed E-state index contributed by atoms with van der Waals surface area (Å²) in [5, 5.41) is 2.35. The molecule has 2 nitrogen and oxygen atoms in total. The standard InChI is InChI=1S/C16H12O2/c17-16(15-7-8-18-11-15)10-12-5-6-13-3-1-2-4-14(13)9-12/h1-9,11H,10H2. The predicted octanol–water partition coefficient (Wildman–Crippen LogP) is 3.86. The first-order valence-electron chi connectivity index (χ1n) is 5.86. The second-order valence-corrected chi connectivity index (χ2v) is 4.29. The van der Waals surface area contributed by atoms with Crippen LogP contribution in [0.5, 0.6) is 0 Å². The molecule has 2 aromatic carbocycles. The summed E-state index contributed by atoms with van der Waals surface area (Å²) >= 11 is 0. The quantitative estimate of drug-likeness (QED) is 0.646. The third-order valence-electron chi connectivity index (χ3n) is 3.02. The van der Waals surface area contributed by atoms with Crippen LogP contribution in [0.1, 0.15) is 15.9 Å². The fourth-order valence-corrected chi connectivity index (χ4v) is 2.06. The van der Waals surface area contributed by atoms with Crippen molar-refractivity contribution in [3.05, 3.63) is 72.2 Å². The van der Waals surface area contributed by atoms with Gasteiger partial charge in [0, 0.05) is 6.42 Å². The molecule has 0 spiro atoms. The molecule has 0 unspecified atom stereocenters. The Morgan fingerprint density at radius 2 is 1.83 bits per heavy atom. The monoisotopic (exact) mass is 236 g/mol. The molecule has 0 saturated carbocycles. The molecule has 18 heavy (non-hydrogen) atoms. The van der Waals surface area contributed by atoms with Crippen molar-refractivity contribution in [1.82, 2.24) is 0 Å². The molecule has 0 bridgehead atoms. The molecule has 1 aromatic heterocycles. The number of carbonyl (C=O) groups excluding carboxylic acids is 1. The Balaban J connectivity index is 1.89. The molecule has 0 atom stereocenters. The van der Waals surface area contributed by atoms with Crippen LogP contribution in [0.25, 0.3) is 10.8 Å². The van der Waals surface area contributed by atoms with Crippen LogP contribution >= 0.6 is 0 Å². The number of benzene rings is 2. The molecule has 0 aliphatic rings. The zero-order chi connectivity index (χ0) is 12.4. The van der Waals surface area contributed by atoms with Gasteiger partial charge in [0.05, 0.1) is 11.8 Å². The van der Waals surface area contributed by atoms with E-state index in [2.05, 4.69) is 18.2 Å². The summed E-state index contributed by atoms with van der Waals surface area (Å²) in [5.41, 5.74) is 1.66. The van der Waals surface area contributed by atoms with Crippen LogP contribution in [0, 0.1) is 0 Å². The molecule has 2 heteroatoms. The second kappa shape index (κ2) is 4.49. The summed E-state index contributed by atoms with van der Waals surface area (Å²) in [6.45, 7) is 0. The maximum absolute atomic E-state index is 12.0. The van der Waals surface area contributed by atoms with E-state index in [4.69, 9.17) is 4.42 Å². The Bertz CT molecular complexity index is 681. The SMILES string of the molecule is O=C(Cc1ccc2ccccc2c1)c1ccoc1. The van der Waals surface area contributed by atoms with Gasteiger partial charge in [-0.25, -0.2) is 0 Å². The van der Waals surface area contributed by atoms with E-state index >= 15 is 0 Å². The highest BCUT2D eigenvalue weighted by Gasteiger charge is 2.08. The minimum atomic E-state index is 0.0824. The molecular weight excluding hydrogens is 224 g/mol. The number of Topliss-reactive ketones (excluding diaryl/α,β-unsaturated/α-hetero) is 1. The van der Waals surface area contributed by atoms with Gasteiger partial charge in [-0.05, 0) is 22.4 Å². The minimum Gasteiger partial charge on any atom is -0.472 e. The van der Waals surface area contributed by atoms with E-state index in [0.717, 1.165) is 10.9 Å². The third-order valence-corrected chi connectivity index (χ3v) is 3.02. The average molecular weight is 236 g/mol. The molecule has 0 fully saturated rings. The topological polar surface area (TPSA) is 30.2 Å². The van der Waals surface area contributed by atoms with Crippen LogP contribution in [0.4, 0.5) is 0 Å². The maximum atomic E-state index is 12.0. The van der Waals surface area contributed by atoms with Crippen molar-refractivity contribution < 1.29 is 9.21 Å². The van der Waals surface area contributed by atoms with Gasteiger partial charge in [-0.3, -0.25) is 4.79 Å². The number of ketones is 1. The zero-order valence-corrected chi connectivity index (χ0v) is 9.80. The Hall–Kier alpha value is -2.35. The number of rotatable bonds is 3. The van der Waals surface area contributed by atoms with Gasteiger partial charge in [-0.2, -0.15) is 0 Å². The van der Waals surface area contributed by atoms with Crippen LogP contribution in [0.15, 0.2) is 65.5 Å². The summed E-state index contributed by atoms with van der Waals surface area (Å²) < 4.78 is 4.92. The summed E-state index contributed by atoms with van der Waals surface area (Å²) in [4.78, 5) is 12.0. The number of furan rings is 1. The zero-order valence-electron chi connectivity index (χ0n) is 9.80. The van der Waals surface area contributed by atoms with Crippen molar-refractivity contribution in [3.63, 3.8) is 0 Å². The molecule has 0 N–H and O–H groups in total. The maximum Gasteiger partial charge on any atom is 0.170 e. The molecule has 0 aliphatic heterocycles. The van der Waals surface area contributed by atoms with Gasteiger partial charge in [0.1, 0.15) is 6.26 Å². The highest BCUT2D eigenvalue weighted by molar-refractivity contribution is 5.97. The first-order valence-corrected chi connectivity index (χ1v) is 5.86. The van der Waals surface area contributed by atoms with E-state index in [1.165, 1.54) is 17.9 Å². The minimum absolute atomic E-state index is 0.0824. The van der Waals surface area contributed by atoms with E-state index in [9.17, 15) is 4.79 Å². The van der Waals surface area contributed by atoms with Gasteiger partial charge in [0.15, 0.2) is 5.78 Å². The van der Waals surface area contributed by atoms with Crippen molar-refractivity contribution >= 4 is 16.6 Å².